The van der Waals surface area contributed by atoms with Gasteiger partial charge in [0.25, 0.3) is 0 Å². The Kier molecular flexibility index (Phi) is 7.86. The second-order valence-electron chi connectivity index (χ2n) is 6.52. The normalized spacial score (nSPS) is 11.8. The Morgan fingerprint density at radius 3 is 2.15 bits per heavy atom. The molecule has 0 aliphatic rings. The molecule has 0 bridgehead atoms. The van der Waals surface area contributed by atoms with Crippen LogP contribution in [0.1, 0.15) is 45.2 Å². The first-order valence-electron chi connectivity index (χ1n) is 7.97. The van der Waals surface area contributed by atoms with Crippen LogP contribution in [0, 0.1) is 5.92 Å². The minimum Gasteiger partial charge on any atom is -0.313 e. The van der Waals surface area contributed by atoms with Gasteiger partial charge < -0.3 is 10.2 Å². The summed E-state index contributed by atoms with van der Waals surface area (Å²) < 4.78 is 0. The molecule has 0 heterocycles. The maximum absolute atomic E-state index is 3.53. The molecule has 0 saturated heterocycles. The zero-order valence-corrected chi connectivity index (χ0v) is 13.9. The molecule has 2 heteroatoms. The van der Waals surface area contributed by atoms with Gasteiger partial charge in [-0.25, -0.2) is 0 Å². The second kappa shape index (κ2) is 9.15. The van der Waals surface area contributed by atoms with E-state index in [1.54, 1.807) is 0 Å². The molecular weight excluding hydrogens is 244 g/mol. The largest absolute Gasteiger partial charge is 0.313 e. The molecule has 0 aliphatic heterocycles. The highest BCUT2D eigenvalue weighted by molar-refractivity contribution is 5.22. The fourth-order valence-corrected chi connectivity index (χ4v) is 2.21. The van der Waals surface area contributed by atoms with E-state index >= 15 is 0 Å². The number of hydrogen-bond acceptors (Lipinski definition) is 2. The molecule has 1 aromatic carbocycles. The van der Waals surface area contributed by atoms with Crippen molar-refractivity contribution < 1.29 is 0 Å². The standard InChI is InChI=1S/C18H32N2/c1-15(2)13-17-7-9-18(10-8-17)14-19-11-6-12-20(5)16(3)4/h7-10,15-16,19H,6,11-14H2,1-5H3. The van der Waals surface area contributed by atoms with Gasteiger partial charge in [-0.3, -0.25) is 0 Å². The lowest BCUT2D eigenvalue weighted by Crippen LogP contribution is -2.29. The quantitative estimate of drug-likeness (QED) is 0.692. The topological polar surface area (TPSA) is 15.3 Å². The summed E-state index contributed by atoms with van der Waals surface area (Å²) >= 11 is 0. The highest BCUT2D eigenvalue weighted by Crippen LogP contribution is 2.09. The van der Waals surface area contributed by atoms with Crippen molar-refractivity contribution in [3.63, 3.8) is 0 Å². The van der Waals surface area contributed by atoms with Gasteiger partial charge in [-0.2, -0.15) is 0 Å². The summed E-state index contributed by atoms with van der Waals surface area (Å²) in [6, 6.07) is 9.69. The molecule has 0 unspecified atom stereocenters. The molecule has 0 aromatic heterocycles. The van der Waals surface area contributed by atoms with E-state index in [0.29, 0.717) is 6.04 Å². The van der Waals surface area contributed by atoms with E-state index in [1.807, 2.05) is 0 Å². The molecule has 114 valence electrons. The average molecular weight is 276 g/mol. The van der Waals surface area contributed by atoms with E-state index < -0.39 is 0 Å². The fourth-order valence-electron chi connectivity index (χ4n) is 2.21. The van der Waals surface area contributed by atoms with Crippen LogP contribution in [0.25, 0.3) is 0 Å². The first kappa shape index (κ1) is 17.2. The van der Waals surface area contributed by atoms with Crippen molar-refractivity contribution >= 4 is 0 Å². The molecule has 0 atom stereocenters. The van der Waals surface area contributed by atoms with Gasteiger partial charge in [0.15, 0.2) is 0 Å². The summed E-state index contributed by atoms with van der Waals surface area (Å²) in [6.07, 6.45) is 2.38. The van der Waals surface area contributed by atoms with Crippen LogP contribution in [0.3, 0.4) is 0 Å². The highest BCUT2D eigenvalue weighted by Gasteiger charge is 2.02. The Balaban J connectivity index is 2.19. The summed E-state index contributed by atoms with van der Waals surface area (Å²) in [5.74, 6) is 0.733. The lowest BCUT2D eigenvalue weighted by molar-refractivity contribution is 0.269. The molecule has 1 rings (SSSR count). The van der Waals surface area contributed by atoms with Gasteiger partial charge in [-0.05, 0) is 63.9 Å². The third-order valence-corrected chi connectivity index (χ3v) is 3.74. The Labute approximate surface area is 125 Å². The molecule has 1 aromatic rings. The SMILES string of the molecule is CC(C)Cc1ccc(CNCCCN(C)C(C)C)cc1. The van der Waals surface area contributed by atoms with Crippen molar-refractivity contribution in [3.8, 4) is 0 Å². The van der Waals surface area contributed by atoms with Crippen molar-refractivity contribution in [1.29, 1.82) is 0 Å². The fraction of sp³-hybridized carbons (Fsp3) is 0.667. The molecule has 0 fully saturated rings. The van der Waals surface area contributed by atoms with Crippen LogP contribution in [0.15, 0.2) is 24.3 Å². The molecule has 0 aliphatic carbocycles. The third-order valence-electron chi connectivity index (χ3n) is 3.74. The van der Waals surface area contributed by atoms with E-state index in [1.165, 1.54) is 24.0 Å². The van der Waals surface area contributed by atoms with Gasteiger partial charge >= 0.3 is 0 Å². The first-order valence-corrected chi connectivity index (χ1v) is 7.97. The summed E-state index contributed by atoms with van der Waals surface area (Å²) in [4.78, 5) is 2.39. The lowest BCUT2D eigenvalue weighted by atomic mass is 10.0. The molecule has 0 saturated carbocycles. The van der Waals surface area contributed by atoms with Gasteiger partial charge in [0.2, 0.25) is 0 Å². The summed E-state index contributed by atoms with van der Waals surface area (Å²) in [5.41, 5.74) is 2.83. The number of benzene rings is 1. The Morgan fingerprint density at radius 2 is 1.60 bits per heavy atom. The van der Waals surface area contributed by atoms with Crippen molar-refractivity contribution in [2.24, 2.45) is 5.92 Å². The minimum absolute atomic E-state index is 0.642. The van der Waals surface area contributed by atoms with Gasteiger partial charge in [0.05, 0.1) is 0 Å². The van der Waals surface area contributed by atoms with Crippen LogP contribution < -0.4 is 5.32 Å². The zero-order chi connectivity index (χ0) is 15.0. The second-order valence-corrected chi connectivity index (χ2v) is 6.52. The number of nitrogens with one attached hydrogen (secondary N) is 1. The van der Waals surface area contributed by atoms with E-state index in [2.05, 4.69) is 69.2 Å². The van der Waals surface area contributed by atoms with Gasteiger partial charge in [0, 0.05) is 12.6 Å². The van der Waals surface area contributed by atoms with Crippen LogP contribution in [0.5, 0.6) is 0 Å². The van der Waals surface area contributed by atoms with Gasteiger partial charge in [-0.1, -0.05) is 38.1 Å². The number of rotatable bonds is 9. The Bertz CT molecular complexity index is 354. The summed E-state index contributed by atoms with van der Waals surface area (Å²) in [6.45, 7) is 12.3. The molecule has 20 heavy (non-hydrogen) atoms. The Morgan fingerprint density at radius 1 is 1.00 bits per heavy atom. The predicted molar refractivity (Wildman–Crippen MR) is 89.1 cm³/mol. The number of nitrogens with zero attached hydrogens (tertiary/aromatic N) is 1. The smallest absolute Gasteiger partial charge is 0.0205 e. The van der Waals surface area contributed by atoms with Gasteiger partial charge in [0.1, 0.15) is 0 Å². The number of hydrogen-bond donors (Lipinski definition) is 1. The van der Waals surface area contributed by atoms with Crippen molar-refractivity contribution in [2.75, 3.05) is 20.1 Å². The molecule has 0 radical (unpaired) electrons. The Hall–Kier alpha value is -0.860. The molecular formula is C18H32N2. The zero-order valence-electron chi connectivity index (χ0n) is 13.9. The van der Waals surface area contributed by atoms with Crippen LogP contribution in [0.2, 0.25) is 0 Å². The molecule has 1 N–H and O–H groups in total. The first-order chi connectivity index (χ1) is 9.49. The molecule has 0 spiro atoms. The van der Waals surface area contributed by atoms with Crippen molar-refractivity contribution in [3.05, 3.63) is 35.4 Å². The minimum atomic E-state index is 0.642. The van der Waals surface area contributed by atoms with E-state index in [4.69, 9.17) is 0 Å². The van der Waals surface area contributed by atoms with Crippen molar-refractivity contribution in [1.82, 2.24) is 10.2 Å². The third kappa shape index (κ3) is 7.06. The van der Waals surface area contributed by atoms with E-state index in [9.17, 15) is 0 Å². The van der Waals surface area contributed by atoms with Crippen molar-refractivity contribution in [2.45, 2.75) is 53.1 Å². The van der Waals surface area contributed by atoms with E-state index in [0.717, 1.165) is 25.6 Å². The summed E-state index contributed by atoms with van der Waals surface area (Å²) in [7, 11) is 2.19. The predicted octanol–water partition coefficient (Wildman–Crippen LogP) is 3.71. The maximum Gasteiger partial charge on any atom is 0.0205 e. The van der Waals surface area contributed by atoms with Gasteiger partial charge in [-0.15, -0.1) is 0 Å². The molecule has 0 amide bonds. The maximum atomic E-state index is 3.53. The summed E-state index contributed by atoms with van der Waals surface area (Å²) in [5, 5.41) is 3.53. The highest BCUT2D eigenvalue weighted by atomic mass is 15.1. The van der Waals surface area contributed by atoms with Crippen LogP contribution in [-0.4, -0.2) is 31.1 Å². The van der Waals surface area contributed by atoms with Crippen LogP contribution >= 0.6 is 0 Å². The van der Waals surface area contributed by atoms with Crippen LogP contribution in [0.4, 0.5) is 0 Å². The van der Waals surface area contributed by atoms with Crippen LogP contribution in [-0.2, 0) is 13.0 Å². The van der Waals surface area contributed by atoms with E-state index in [-0.39, 0.29) is 0 Å². The lowest BCUT2D eigenvalue weighted by Gasteiger charge is -2.20. The molecule has 2 nitrogen and oxygen atoms in total. The monoisotopic (exact) mass is 276 g/mol. The average Bonchev–Trinajstić information content (AvgIpc) is 2.39.